The molecule has 0 aliphatic heterocycles. The molecule has 82 valence electrons. The lowest BCUT2D eigenvalue weighted by Gasteiger charge is -2.21. The summed E-state index contributed by atoms with van der Waals surface area (Å²) in [6.07, 6.45) is 2.77. The fourth-order valence-corrected chi connectivity index (χ4v) is 2.47. The first-order chi connectivity index (χ1) is 7.31. The van der Waals surface area contributed by atoms with Crippen LogP contribution in [-0.4, -0.2) is 22.7 Å². The number of carbonyl (C=O) groups is 1. The second-order valence-corrected chi connectivity index (χ2v) is 5.18. The molecule has 1 aromatic rings. The summed E-state index contributed by atoms with van der Waals surface area (Å²) in [5.41, 5.74) is 0. The Bertz CT molecular complexity index is 321. The topological polar surface area (TPSA) is 20.3 Å². The van der Waals surface area contributed by atoms with Crippen LogP contribution >= 0.6 is 22.9 Å². The minimum Gasteiger partial charge on any atom is -0.335 e. The van der Waals surface area contributed by atoms with Crippen LogP contribution in [0.1, 0.15) is 24.1 Å². The molecule has 1 aliphatic carbocycles. The smallest absolute Gasteiger partial charge is 0.224 e. The molecule has 1 saturated carbocycles. The number of nitrogens with zero attached hydrogens (tertiary/aromatic N) is 1. The number of alkyl halides is 1. The van der Waals surface area contributed by atoms with Gasteiger partial charge >= 0.3 is 0 Å². The standard InChI is InChI=1S/C11H14ClNOS/c12-6-5-11(14)13(9-3-4-9)8-10-2-1-7-15-10/h1-2,7,9H,3-6,8H2. The average molecular weight is 244 g/mol. The van der Waals surface area contributed by atoms with Gasteiger partial charge in [-0.15, -0.1) is 22.9 Å². The fourth-order valence-electron chi connectivity index (χ4n) is 1.60. The molecule has 0 radical (unpaired) electrons. The van der Waals surface area contributed by atoms with E-state index >= 15 is 0 Å². The Morgan fingerprint density at radius 2 is 2.40 bits per heavy atom. The van der Waals surface area contributed by atoms with Gasteiger partial charge in [0.05, 0.1) is 6.54 Å². The van der Waals surface area contributed by atoms with Gasteiger partial charge in [0.2, 0.25) is 5.91 Å². The summed E-state index contributed by atoms with van der Waals surface area (Å²) in [7, 11) is 0. The molecule has 1 aromatic heterocycles. The zero-order valence-electron chi connectivity index (χ0n) is 8.49. The van der Waals surface area contributed by atoms with Gasteiger partial charge in [-0.3, -0.25) is 4.79 Å². The van der Waals surface area contributed by atoms with Crippen molar-refractivity contribution in [2.75, 3.05) is 5.88 Å². The molecule has 0 saturated heterocycles. The van der Waals surface area contributed by atoms with Gasteiger partial charge in [0.25, 0.3) is 0 Å². The molecule has 2 nitrogen and oxygen atoms in total. The van der Waals surface area contributed by atoms with Crippen LogP contribution in [0.25, 0.3) is 0 Å². The second-order valence-electron chi connectivity index (χ2n) is 3.77. The Hall–Kier alpha value is -0.540. The van der Waals surface area contributed by atoms with E-state index in [1.165, 1.54) is 4.88 Å². The normalized spacial score (nSPS) is 15.3. The third kappa shape index (κ3) is 2.95. The van der Waals surface area contributed by atoms with Gasteiger partial charge in [0.1, 0.15) is 0 Å². The molecule has 0 N–H and O–H groups in total. The Labute approximate surface area is 98.8 Å². The molecular formula is C11H14ClNOS. The van der Waals surface area contributed by atoms with Crippen LogP contribution in [0, 0.1) is 0 Å². The van der Waals surface area contributed by atoms with Gasteiger partial charge in [0, 0.05) is 23.2 Å². The molecule has 2 rings (SSSR count). The van der Waals surface area contributed by atoms with Crippen molar-refractivity contribution in [2.24, 2.45) is 0 Å². The van der Waals surface area contributed by atoms with Gasteiger partial charge in [-0.2, -0.15) is 0 Å². The number of hydrogen-bond acceptors (Lipinski definition) is 2. The van der Waals surface area contributed by atoms with Crippen molar-refractivity contribution in [3.8, 4) is 0 Å². The van der Waals surface area contributed by atoms with E-state index in [2.05, 4.69) is 6.07 Å². The van der Waals surface area contributed by atoms with Crippen molar-refractivity contribution < 1.29 is 4.79 Å². The molecular weight excluding hydrogens is 230 g/mol. The summed E-state index contributed by atoms with van der Waals surface area (Å²) < 4.78 is 0. The maximum atomic E-state index is 11.8. The highest BCUT2D eigenvalue weighted by molar-refractivity contribution is 7.09. The van der Waals surface area contributed by atoms with E-state index in [0.717, 1.165) is 19.4 Å². The largest absolute Gasteiger partial charge is 0.335 e. The van der Waals surface area contributed by atoms with Crippen molar-refractivity contribution in [1.82, 2.24) is 4.90 Å². The predicted molar refractivity (Wildman–Crippen MR) is 63.2 cm³/mol. The van der Waals surface area contributed by atoms with Crippen LogP contribution < -0.4 is 0 Å². The van der Waals surface area contributed by atoms with Crippen LogP contribution in [0.3, 0.4) is 0 Å². The molecule has 1 amide bonds. The van der Waals surface area contributed by atoms with Crippen LogP contribution in [-0.2, 0) is 11.3 Å². The lowest BCUT2D eigenvalue weighted by atomic mass is 10.3. The predicted octanol–water partition coefficient (Wildman–Crippen LogP) is 2.87. The van der Waals surface area contributed by atoms with E-state index in [4.69, 9.17) is 11.6 Å². The Kier molecular flexibility index (Phi) is 3.65. The van der Waals surface area contributed by atoms with Gasteiger partial charge in [-0.05, 0) is 24.3 Å². The Morgan fingerprint density at radius 3 is 2.93 bits per heavy atom. The fraction of sp³-hybridized carbons (Fsp3) is 0.545. The summed E-state index contributed by atoms with van der Waals surface area (Å²) in [4.78, 5) is 15.0. The first-order valence-corrected chi connectivity index (χ1v) is 6.60. The lowest BCUT2D eigenvalue weighted by Crippen LogP contribution is -2.32. The first kappa shape index (κ1) is 11.0. The molecule has 1 fully saturated rings. The zero-order chi connectivity index (χ0) is 10.7. The van der Waals surface area contributed by atoms with Gasteiger partial charge in [-0.25, -0.2) is 0 Å². The van der Waals surface area contributed by atoms with Crippen LogP contribution in [0.5, 0.6) is 0 Å². The molecule has 15 heavy (non-hydrogen) atoms. The summed E-state index contributed by atoms with van der Waals surface area (Å²) in [5.74, 6) is 0.618. The Balaban J connectivity index is 1.97. The molecule has 1 heterocycles. The first-order valence-electron chi connectivity index (χ1n) is 5.19. The molecule has 0 bridgehead atoms. The number of carbonyl (C=O) groups excluding carboxylic acids is 1. The number of amides is 1. The summed E-state index contributed by atoms with van der Waals surface area (Å²) in [6.45, 7) is 0.762. The highest BCUT2D eigenvalue weighted by Gasteiger charge is 2.32. The number of rotatable bonds is 5. The molecule has 4 heteroatoms. The van der Waals surface area contributed by atoms with Gasteiger partial charge < -0.3 is 4.90 Å². The van der Waals surface area contributed by atoms with E-state index < -0.39 is 0 Å². The van der Waals surface area contributed by atoms with Crippen molar-refractivity contribution in [3.63, 3.8) is 0 Å². The highest BCUT2D eigenvalue weighted by atomic mass is 35.5. The molecule has 0 unspecified atom stereocenters. The number of thiophene rings is 1. The van der Waals surface area contributed by atoms with Crippen molar-refractivity contribution in [3.05, 3.63) is 22.4 Å². The molecule has 0 aromatic carbocycles. The lowest BCUT2D eigenvalue weighted by molar-refractivity contribution is -0.131. The number of halogens is 1. The van der Waals surface area contributed by atoms with Gasteiger partial charge in [-0.1, -0.05) is 6.07 Å². The third-order valence-electron chi connectivity index (χ3n) is 2.52. The van der Waals surface area contributed by atoms with E-state index in [9.17, 15) is 4.79 Å². The monoisotopic (exact) mass is 243 g/mol. The number of hydrogen-bond donors (Lipinski definition) is 0. The molecule has 0 spiro atoms. The molecule has 1 aliphatic rings. The third-order valence-corrected chi connectivity index (χ3v) is 3.57. The highest BCUT2D eigenvalue weighted by Crippen LogP contribution is 2.29. The van der Waals surface area contributed by atoms with Crippen molar-refractivity contribution >= 4 is 28.8 Å². The maximum Gasteiger partial charge on any atom is 0.224 e. The van der Waals surface area contributed by atoms with Crippen molar-refractivity contribution in [2.45, 2.75) is 31.8 Å². The van der Waals surface area contributed by atoms with Crippen LogP contribution in [0.15, 0.2) is 17.5 Å². The summed E-state index contributed by atoms with van der Waals surface area (Å²) >= 11 is 7.31. The van der Waals surface area contributed by atoms with E-state index in [1.807, 2.05) is 16.3 Å². The summed E-state index contributed by atoms with van der Waals surface area (Å²) in [5, 5.41) is 2.05. The van der Waals surface area contributed by atoms with Crippen molar-refractivity contribution in [1.29, 1.82) is 0 Å². The van der Waals surface area contributed by atoms with Crippen LogP contribution in [0.2, 0.25) is 0 Å². The second kappa shape index (κ2) is 4.99. The summed E-state index contributed by atoms with van der Waals surface area (Å²) in [6, 6.07) is 4.58. The van der Waals surface area contributed by atoms with E-state index in [0.29, 0.717) is 18.3 Å². The zero-order valence-corrected chi connectivity index (χ0v) is 10.1. The minimum absolute atomic E-state index is 0.195. The average Bonchev–Trinajstić information content (AvgIpc) is 2.93. The van der Waals surface area contributed by atoms with E-state index in [-0.39, 0.29) is 5.91 Å². The van der Waals surface area contributed by atoms with E-state index in [1.54, 1.807) is 11.3 Å². The SMILES string of the molecule is O=C(CCCl)N(Cc1cccs1)C1CC1. The molecule has 0 atom stereocenters. The maximum absolute atomic E-state index is 11.8. The van der Waals surface area contributed by atoms with Gasteiger partial charge in [0.15, 0.2) is 0 Å². The Morgan fingerprint density at radius 1 is 1.60 bits per heavy atom. The quantitative estimate of drug-likeness (QED) is 0.729. The minimum atomic E-state index is 0.195. The van der Waals surface area contributed by atoms with Crippen LogP contribution in [0.4, 0.5) is 0 Å².